The second-order valence-corrected chi connectivity index (χ2v) is 3.62. The average Bonchev–Trinajstić information content (AvgIpc) is 2.15. The Morgan fingerprint density at radius 3 is 2.64 bits per heavy atom. The van der Waals surface area contributed by atoms with Crippen molar-refractivity contribution in [2.75, 3.05) is 0 Å². The maximum atomic E-state index is 13.4. The highest BCUT2D eigenvalue weighted by Crippen LogP contribution is 2.34. The Bertz CT molecular complexity index is 388. The van der Waals surface area contributed by atoms with Gasteiger partial charge in [-0.25, -0.2) is 8.78 Å². The predicted octanol–water partition coefficient (Wildman–Crippen LogP) is 3.06. The summed E-state index contributed by atoms with van der Waals surface area (Å²) >= 11 is 2.79. The maximum Gasteiger partial charge on any atom is 0.166 e. The van der Waals surface area contributed by atoms with E-state index in [0.29, 0.717) is 0 Å². The summed E-state index contributed by atoms with van der Waals surface area (Å²) in [7, 11) is 0. The third kappa shape index (κ3) is 1.70. The van der Waals surface area contributed by atoms with E-state index in [1.807, 2.05) is 0 Å². The summed E-state index contributed by atoms with van der Waals surface area (Å²) in [6, 6.07) is 2.55. The molecule has 0 aliphatic carbocycles. The van der Waals surface area contributed by atoms with E-state index in [2.05, 4.69) is 15.9 Å². The van der Waals surface area contributed by atoms with Crippen LogP contribution in [0.4, 0.5) is 8.78 Å². The smallest absolute Gasteiger partial charge is 0.166 e. The zero-order chi connectivity index (χ0) is 10.9. The minimum Gasteiger partial charge on any atom is -0.505 e. The Balaban J connectivity index is 3.49. The molecule has 74 valence electrons. The lowest BCUT2D eigenvalue weighted by Gasteiger charge is -2.09. The molecule has 1 aromatic rings. The van der Waals surface area contributed by atoms with Crippen molar-refractivity contribution in [3.63, 3.8) is 0 Å². The number of phenolic OH excluding ortho intramolecular Hbond substituents is 1. The van der Waals surface area contributed by atoms with Crippen molar-refractivity contribution in [2.45, 2.75) is 12.8 Å². The van der Waals surface area contributed by atoms with E-state index in [4.69, 9.17) is 5.26 Å². The van der Waals surface area contributed by atoms with Crippen molar-refractivity contribution < 1.29 is 13.9 Å². The number of nitriles is 1. The number of rotatable bonds is 1. The van der Waals surface area contributed by atoms with Gasteiger partial charge in [0.2, 0.25) is 0 Å². The van der Waals surface area contributed by atoms with Gasteiger partial charge in [0.15, 0.2) is 11.6 Å². The molecule has 0 saturated carbocycles. The molecule has 0 fully saturated rings. The summed E-state index contributed by atoms with van der Waals surface area (Å²) in [4.78, 5) is 0. The van der Waals surface area contributed by atoms with Gasteiger partial charge in [0, 0.05) is 0 Å². The van der Waals surface area contributed by atoms with E-state index in [1.54, 1.807) is 6.07 Å². The van der Waals surface area contributed by atoms with Crippen molar-refractivity contribution in [1.82, 2.24) is 0 Å². The molecule has 1 unspecified atom stereocenters. The third-order valence-electron chi connectivity index (χ3n) is 1.81. The van der Waals surface area contributed by atoms with Crippen LogP contribution in [0.2, 0.25) is 0 Å². The van der Waals surface area contributed by atoms with Crippen LogP contribution in [0.25, 0.3) is 0 Å². The van der Waals surface area contributed by atoms with Crippen molar-refractivity contribution in [3.05, 3.63) is 27.7 Å². The summed E-state index contributed by atoms with van der Waals surface area (Å²) in [6.45, 7) is 1.38. The van der Waals surface area contributed by atoms with Gasteiger partial charge >= 0.3 is 0 Å². The van der Waals surface area contributed by atoms with Crippen LogP contribution >= 0.6 is 15.9 Å². The lowest BCUT2D eigenvalue weighted by atomic mass is 10.0. The summed E-state index contributed by atoms with van der Waals surface area (Å²) in [5, 5.41) is 17.8. The summed E-state index contributed by atoms with van der Waals surface area (Å²) in [6.07, 6.45) is 0. The summed E-state index contributed by atoms with van der Waals surface area (Å²) in [5.41, 5.74) is -0.320. The lowest BCUT2D eigenvalue weighted by Crippen LogP contribution is -1.98. The second-order valence-electron chi connectivity index (χ2n) is 2.77. The third-order valence-corrected chi connectivity index (χ3v) is 2.38. The van der Waals surface area contributed by atoms with E-state index in [1.165, 1.54) is 6.92 Å². The van der Waals surface area contributed by atoms with Crippen LogP contribution in [0, 0.1) is 23.0 Å². The molecule has 1 rings (SSSR count). The van der Waals surface area contributed by atoms with E-state index < -0.39 is 23.3 Å². The zero-order valence-corrected chi connectivity index (χ0v) is 8.77. The van der Waals surface area contributed by atoms with E-state index in [-0.39, 0.29) is 10.0 Å². The number of hydrogen-bond acceptors (Lipinski definition) is 2. The number of benzene rings is 1. The van der Waals surface area contributed by atoms with Gasteiger partial charge in [0.25, 0.3) is 0 Å². The number of nitrogens with zero attached hydrogens (tertiary/aromatic N) is 1. The second kappa shape index (κ2) is 3.93. The van der Waals surface area contributed by atoms with E-state index in [9.17, 15) is 13.9 Å². The van der Waals surface area contributed by atoms with Crippen LogP contribution in [0.15, 0.2) is 10.5 Å². The fourth-order valence-corrected chi connectivity index (χ4v) is 1.48. The highest BCUT2D eigenvalue weighted by Gasteiger charge is 2.21. The maximum absolute atomic E-state index is 13.4. The molecule has 0 amide bonds. The molecule has 14 heavy (non-hydrogen) atoms. The number of aromatic hydroxyl groups is 1. The molecule has 1 N–H and O–H groups in total. The van der Waals surface area contributed by atoms with Gasteiger partial charge in [-0.2, -0.15) is 5.26 Å². The quantitative estimate of drug-likeness (QED) is 0.790. The SMILES string of the molecule is CC(C#N)c1c(O)c(F)cc(Br)c1F. The average molecular weight is 262 g/mol. The van der Waals surface area contributed by atoms with Gasteiger partial charge in [0.1, 0.15) is 5.82 Å². The van der Waals surface area contributed by atoms with Crippen LogP contribution in [0.3, 0.4) is 0 Å². The van der Waals surface area contributed by atoms with Crippen LogP contribution < -0.4 is 0 Å². The predicted molar refractivity (Wildman–Crippen MR) is 49.8 cm³/mol. The minimum atomic E-state index is -0.949. The zero-order valence-electron chi connectivity index (χ0n) is 7.18. The number of phenols is 1. The number of halogens is 3. The van der Waals surface area contributed by atoms with Crippen molar-refractivity contribution in [2.24, 2.45) is 0 Å². The number of hydrogen-bond donors (Lipinski definition) is 1. The highest BCUT2D eigenvalue weighted by molar-refractivity contribution is 9.10. The first-order valence-corrected chi connectivity index (χ1v) is 4.54. The fourth-order valence-electron chi connectivity index (χ4n) is 1.06. The standard InChI is InChI=1S/C9H6BrF2NO/c1-4(3-13)7-8(12)5(10)2-6(11)9(7)14/h2,4,14H,1H3. The molecular formula is C9H6BrF2NO. The Hall–Kier alpha value is -1.15. The van der Waals surface area contributed by atoms with Gasteiger partial charge in [-0.05, 0) is 28.9 Å². The monoisotopic (exact) mass is 261 g/mol. The van der Waals surface area contributed by atoms with Gasteiger partial charge in [0.05, 0.1) is 22.0 Å². The van der Waals surface area contributed by atoms with E-state index in [0.717, 1.165) is 6.07 Å². The lowest BCUT2D eigenvalue weighted by molar-refractivity contribution is 0.415. The molecular weight excluding hydrogens is 256 g/mol. The first-order chi connectivity index (χ1) is 6.49. The van der Waals surface area contributed by atoms with E-state index >= 15 is 0 Å². The Morgan fingerprint density at radius 1 is 1.57 bits per heavy atom. The molecule has 1 aromatic carbocycles. The minimum absolute atomic E-state index is 0.107. The molecule has 1 atom stereocenters. The van der Waals surface area contributed by atoms with Gasteiger partial charge in [-0.1, -0.05) is 0 Å². The fraction of sp³-hybridized carbons (Fsp3) is 0.222. The normalized spacial score (nSPS) is 12.2. The van der Waals surface area contributed by atoms with Gasteiger partial charge in [-0.15, -0.1) is 0 Å². The Labute approximate surface area is 87.9 Å². The first kappa shape index (κ1) is 10.9. The molecule has 5 heteroatoms. The highest BCUT2D eigenvalue weighted by atomic mass is 79.9. The Kier molecular flexibility index (Phi) is 3.06. The molecule has 0 aromatic heterocycles. The van der Waals surface area contributed by atoms with Crippen LogP contribution in [-0.4, -0.2) is 5.11 Å². The molecule has 2 nitrogen and oxygen atoms in total. The Morgan fingerprint density at radius 2 is 2.14 bits per heavy atom. The van der Waals surface area contributed by atoms with Crippen molar-refractivity contribution in [1.29, 1.82) is 5.26 Å². The topological polar surface area (TPSA) is 44.0 Å². The van der Waals surface area contributed by atoms with Crippen LogP contribution in [0.1, 0.15) is 18.4 Å². The summed E-state index contributed by atoms with van der Waals surface area (Å²) in [5.74, 6) is -3.46. The largest absolute Gasteiger partial charge is 0.505 e. The van der Waals surface area contributed by atoms with Gasteiger partial charge < -0.3 is 5.11 Å². The molecule has 0 saturated heterocycles. The van der Waals surface area contributed by atoms with Gasteiger partial charge in [-0.3, -0.25) is 0 Å². The molecule has 0 radical (unpaired) electrons. The molecule has 0 bridgehead atoms. The van der Waals surface area contributed by atoms with Crippen LogP contribution in [-0.2, 0) is 0 Å². The molecule has 0 spiro atoms. The summed E-state index contributed by atoms with van der Waals surface area (Å²) < 4.78 is 26.2. The molecule has 0 heterocycles. The van der Waals surface area contributed by atoms with Crippen molar-refractivity contribution in [3.8, 4) is 11.8 Å². The first-order valence-electron chi connectivity index (χ1n) is 3.75. The molecule has 0 aliphatic rings. The van der Waals surface area contributed by atoms with Crippen molar-refractivity contribution >= 4 is 15.9 Å². The molecule has 0 aliphatic heterocycles. The van der Waals surface area contributed by atoms with Crippen LogP contribution in [0.5, 0.6) is 5.75 Å².